The Bertz CT molecular complexity index is 554. The molecule has 0 radical (unpaired) electrons. The van der Waals surface area contributed by atoms with E-state index in [1.54, 1.807) is 0 Å². The zero-order valence-electron chi connectivity index (χ0n) is 11.6. The van der Waals surface area contributed by atoms with Crippen molar-refractivity contribution in [2.24, 2.45) is 0 Å². The van der Waals surface area contributed by atoms with Gasteiger partial charge in [0.2, 0.25) is 0 Å². The van der Waals surface area contributed by atoms with Crippen LogP contribution in [0.3, 0.4) is 0 Å². The molecule has 0 amide bonds. The Labute approximate surface area is 120 Å². The van der Waals surface area contributed by atoms with Crippen molar-refractivity contribution in [2.75, 3.05) is 13.2 Å². The highest BCUT2D eigenvalue weighted by atomic mass is 16.5. The zero-order chi connectivity index (χ0) is 13.6. The van der Waals surface area contributed by atoms with Gasteiger partial charge in [0.15, 0.2) is 0 Å². The van der Waals surface area contributed by atoms with Gasteiger partial charge in [-0.15, -0.1) is 0 Å². The second-order valence-corrected chi connectivity index (χ2v) is 5.13. The van der Waals surface area contributed by atoms with Crippen LogP contribution in [0.5, 0.6) is 5.75 Å². The fourth-order valence-electron chi connectivity index (χ4n) is 2.60. The largest absolute Gasteiger partial charge is 0.492 e. The molecule has 1 N–H and O–H groups in total. The molecule has 1 aromatic carbocycles. The number of nitrogens with one attached hydrogen (secondary N) is 1. The fourth-order valence-corrected chi connectivity index (χ4v) is 2.60. The third-order valence-corrected chi connectivity index (χ3v) is 3.65. The standard InChI is InChI=1S/C17H20N2O/c1-2-9-19-16(6-1)13-18-10-11-20-17-8-7-14-4-3-5-15(14)12-17/h1-2,6-9,12,18H,3-5,10-11,13H2. The first-order valence-corrected chi connectivity index (χ1v) is 7.27. The molecule has 1 aliphatic rings. The average molecular weight is 268 g/mol. The first-order chi connectivity index (χ1) is 9.92. The van der Waals surface area contributed by atoms with Crippen molar-refractivity contribution in [1.29, 1.82) is 0 Å². The van der Waals surface area contributed by atoms with E-state index in [2.05, 4.69) is 28.5 Å². The molecular formula is C17H20N2O. The third kappa shape index (κ3) is 3.36. The van der Waals surface area contributed by atoms with Crippen molar-refractivity contribution >= 4 is 0 Å². The number of hydrogen-bond acceptors (Lipinski definition) is 3. The lowest BCUT2D eigenvalue weighted by molar-refractivity contribution is 0.313. The first kappa shape index (κ1) is 13.1. The van der Waals surface area contributed by atoms with E-state index in [4.69, 9.17) is 4.74 Å². The van der Waals surface area contributed by atoms with E-state index in [0.29, 0.717) is 6.61 Å². The molecule has 20 heavy (non-hydrogen) atoms. The Morgan fingerprint density at radius 2 is 2.05 bits per heavy atom. The first-order valence-electron chi connectivity index (χ1n) is 7.27. The van der Waals surface area contributed by atoms with Gasteiger partial charge < -0.3 is 10.1 Å². The molecule has 0 aliphatic heterocycles. The highest BCUT2D eigenvalue weighted by molar-refractivity contribution is 5.38. The molecule has 3 rings (SSSR count). The lowest BCUT2D eigenvalue weighted by Crippen LogP contribution is -2.21. The minimum atomic E-state index is 0.686. The number of hydrogen-bond donors (Lipinski definition) is 1. The Kier molecular flexibility index (Phi) is 4.28. The molecule has 0 bridgehead atoms. The summed E-state index contributed by atoms with van der Waals surface area (Å²) in [5, 5.41) is 3.34. The number of ether oxygens (including phenoxy) is 1. The summed E-state index contributed by atoms with van der Waals surface area (Å²) in [6.45, 7) is 2.30. The van der Waals surface area contributed by atoms with Gasteiger partial charge in [-0.25, -0.2) is 0 Å². The van der Waals surface area contributed by atoms with Crippen LogP contribution in [0.15, 0.2) is 42.6 Å². The van der Waals surface area contributed by atoms with E-state index in [1.165, 1.54) is 30.4 Å². The summed E-state index contributed by atoms with van der Waals surface area (Å²) >= 11 is 0. The van der Waals surface area contributed by atoms with Gasteiger partial charge >= 0.3 is 0 Å². The Hall–Kier alpha value is -1.87. The number of aryl methyl sites for hydroxylation is 2. The van der Waals surface area contributed by atoms with Crippen LogP contribution in [0.2, 0.25) is 0 Å². The molecule has 3 heteroatoms. The van der Waals surface area contributed by atoms with Crippen molar-refractivity contribution in [3.05, 3.63) is 59.4 Å². The van der Waals surface area contributed by atoms with Crippen molar-refractivity contribution in [3.63, 3.8) is 0 Å². The molecule has 0 spiro atoms. The van der Waals surface area contributed by atoms with Crippen LogP contribution in [0, 0.1) is 0 Å². The van der Waals surface area contributed by atoms with Gasteiger partial charge in [-0.2, -0.15) is 0 Å². The molecule has 0 atom stereocenters. The minimum Gasteiger partial charge on any atom is -0.492 e. The average Bonchev–Trinajstić information content (AvgIpc) is 2.95. The van der Waals surface area contributed by atoms with Crippen molar-refractivity contribution in [3.8, 4) is 5.75 Å². The lowest BCUT2D eigenvalue weighted by atomic mass is 10.1. The van der Waals surface area contributed by atoms with Crippen LogP contribution in [0.25, 0.3) is 0 Å². The summed E-state index contributed by atoms with van der Waals surface area (Å²) in [7, 11) is 0. The maximum Gasteiger partial charge on any atom is 0.119 e. The maximum atomic E-state index is 5.79. The molecule has 0 fully saturated rings. The molecule has 3 nitrogen and oxygen atoms in total. The van der Waals surface area contributed by atoms with Crippen LogP contribution in [0.1, 0.15) is 23.2 Å². The van der Waals surface area contributed by atoms with Crippen LogP contribution in [-0.4, -0.2) is 18.1 Å². The van der Waals surface area contributed by atoms with Crippen LogP contribution >= 0.6 is 0 Å². The summed E-state index contributed by atoms with van der Waals surface area (Å²) in [5.74, 6) is 0.991. The van der Waals surface area contributed by atoms with Crippen molar-refractivity contribution in [1.82, 2.24) is 10.3 Å². The van der Waals surface area contributed by atoms with Gasteiger partial charge in [0.1, 0.15) is 12.4 Å². The highest BCUT2D eigenvalue weighted by Gasteiger charge is 2.10. The maximum absolute atomic E-state index is 5.79. The van der Waals surface area contributed by atoms with Crippen molar-refractivity contribution < 1.29 is 4.74 Å². The van der Waals surface area contributed by atoms with Crippen LogP contribution < -0.4 is 10.1 Å². The zero-order valence-corrected chi connectivity index (χ0v) is 11.6. The molecule has 104 valence electrons. The number of fused-ring (bicyclic) bond motifs is 1. The van der Waals surface area contributed by atoms with Crippen molar-refractivity contribution in [2.45, 2.75) is 25.8 Å². The molecule has 1 heterocycles. The fraction of sp³-hybridized carbons (Fsp3) is 0.353. The number of aromatic nitrogens is 1. The van der Waals surface area contributed by atoms with Gasteiger partial charge in [0.25, 0.3) is 0 Å². The van der Waals surface area contributed by atoms with E-state index >= 15 is 0 Å². The predicted molar refractivity (Wildman–Crippen MR) is 79.9 cm³/mol. The number of rotatable bonds is 6. The molecule has 1 aliphatic carbocycles. The summed E-state index contributed by atoms with van der Waals surface area (Å²) in [5.41, 5.74) is 4.01. The molecule has 0 saturated carbocycles. The quantitative estimate of drug-likeness (QED) is 0.818. The predicted octanol–water partition coefficient (Wildman–Crippen LogP) is 2.74. The molecule has 1 aromatic heterocycles. The lowest BCUT2D eigenvalue weighted by Gasteiger charge is -2.09. The summed E-state index contributed by atoms with van der Waals surface area (Å²) in [6.07, 6.45) is 5.52. The van der Waals surface area contributed by atoms with E-state index in [9.17, 15) is 0 Å². The van der Waals surface area contributed by atoms with E-state index in [1.807, 2.05) is 24.4 Å². The Morgan fingerprint density at radius 3 is 2.95 bits per heavy atom. The van der Waals surface area contributed by atoms with E-state index < -0.39 is 0 Å². The second kappa shape index (κ2) is 6.53. The van der Waals surface area contributed by atoms with Crippen LogP contribution in [-0.2, 0) is 19.4 Å². The smallest absolute Gasteiger partial charge is 0.119 e. The summed E-state index contributed by atoms with van der Waals surface area (Å²) < 4.78 is 5.79. The van der Waals surface area contributed by atoms with Gasteiger partial charge in [0, 0.05) is 19.3 Å². The Balaban J connectivity index is 1.40. The monoisotopic (exact) mass is 268 g/mol. The van der Waals surface area contributed by atoms with E-state index in [0.717, 1.165) is 24.5 Å². The van der Waals surface area contributed by atoms with Gasteiger partial charge in [-0.05, 0) is 54.7 Å². The SMILES string of the molecule is c1ccc(CNCCOc2ccc3c(c2)CCC3)nc1. The minimum absolute atomic E-state index is 0.686. The molecule has 2 aromatic rings. The normalized spacial score (nSPS) is 13.2. The van der Waals surface area contributed by atoms with Crippen LogP contribution in [0.4, 0.5) is 0 Å². The molecule has 0 unspecified atom stereocenters. The summed E-state index contributed by atoms with van der Waals surface area (Å²) in [6, 6.07) is 12.4. The van der Waals surface area contributed by atoms with E-state index in [-0.39, 0.29) is 0 Å². The van der Waals surface area contributed by atoms with Gasteiger partial charge in [0.05, 0.1) is 5.69 Å². The van der Waals surface area contributed by atoms with Gasteiger partial charge in [-0.3, -0.25) is 4.98 Å². The molecule has 0 saturated heterocycles. The number of nitrogens with zero attached hydrogens (tertiary/aromatic N) is 1. The van der Waals surface area contributed by atoms with Gasteiger partial charge in [-0.1, -0.05) is 12.1 Å². The topological polar surface area (TPSA) is 34.1 Å². The second-order valence-electron chi connectivity index (χ2n) is 5.13. The summed E-state index contributed by atoms with van der Waals surface area (Å²) in [4.78, 5) is 4.27. The third-order valence-electron chi connectivity index (χ3n) is 3.65. The Morgan fingerprint density at radius 1 is 1.10 bits per heavy atom. The highest BCUT2D eigenvalue weighted by Crippen LogP contribution is 2.25. The number of benzene rings is 1. The number of pyridine rings is 1. The molecular weight excluding hydrogens is 248 g/mol.